The van der Waals surface area contributed by atoms with Crippen LogP contribution in [0.4, 0.5) is 0 Å². The van der Waals surface area contributed by atoms with Crippen molar-refractivity contribution in [1.29, 1.82) is 0 Å². The van der Waals surface area contributed by atoms with Crippen LogP contribution in [0.1, 0.15) is 25.3 Å². The third-order valence-corrected chi connectivity index (χ3v) is 4.09. The summed E-state index contributed by atoms with van der Waals surface area (Å²) in [4.78, 5) is 2.60. The molecule has 1 N–H and O–H groups in total. The fraction of sp³-hybridized carbons (Fsp3) is 0.600. The number of hydrogen-bond acceptors (Lipinski definition) is 3. The van der Waals surface area contributed by atoms with Crippen LogP contribution in [0.5, 0.6) is 5.75 Å². The molecule has 1 saturated heterocycles. The maximum Gasteiger partial charge on any atom is 0.123 e. The first-order valence-electron chi connectivity index (χ1n) is 7.01. The van der Waals surface area contributed by atoms with Crippen molar-refractivity contribution < 1.29 is 4.74 Å². The fourth-order valence-corrected chi connectivity index (χ4v) is 3.09. The number of nitrogens with zero attached hydrogens (tertiary/aromatic N) is 1. The Morgan fingerprint density at radius 3 is 3.11 bits per heavy atom. The molecule has 18 heavy (non-hydrogen) atoms. The van der Waals surface area contributed by atoms with Gasteiger partial charge in [-0.25, -0.2) is 0 Å². The first-order valence-corrected chi connectivity index (χ1v) is 7.01. The molecule has 3 rings (SSSR count). The van der Waals surface area contributed by atoms with Crippen molar-refractivity contribution in [2.24, 2.45) is 0 Å². The zero-order valence-corrected chi connectivity index (χ0v) is 11.1. The van der Waals surface area contributed by atoms with Crippen LogP contribution < -0.4 is 10.1 Å². The van der Waals surface area contributed by atoms with E-state index in [1.807, 2.05) is 0 Å². The van der Waals surface area contributed by atoms with E-state index in [1.165, 1.54) is 18.4 Å². The summed E-state index contributed by atoms with van der Waals surface area (Å²) in [6.07, 6.45) is 2.51. The van der Waals surface area contributed by atoms with E-state index in [4.69, 9.17) is 4.74 Å². The second-order valence-electron chi connectivity index (χ2n) is 5.46. The molecule has 1 aromatic rings. The Morgan fingerprint density at radius 1 is 1.33 bits per heavy atom. The van der Waals surface area contributed by atoms with Gasteiger partial charge in [0.1, 0.15) is 12.4 Å². The van der Waals surface area contributed by atoms with Gasteiger partial charge < -0.3 is 10.1 Å². The summed E-state index contributed by atoms with van der Waals surface area (Å²) in [7, 11) is 0. The summed E-state index contributed by atoms with van der Waals surface area (Å²) in [5.41, 5.74) is 1.33. The van der Waals surface area contributed by atoms with Gasteiger partial charge in [-0.1, -0.05) is 18.2 Å². The second-order valence-corrected chi connectivity index (χ2v) is 5.46. The van der Waals surface area contributed by atoms with E-state index in [0.717, 1.165) is 32.0 Å². The lowest BCUT2D eigenvalue weighted by Crippen LogP contribution is -2.47. The lowest BCUT2D eigenvalue weighted by Gasteiger charge is -2.36. The van der Waals surface area contributed by atoms with Crippen LogP contribution in [-0.2, 0) is 6.54 Å². The normalized spacial score (nSPS) is 29.2. The second kappa shape index (κ2) is 5.29. The molecular weight excluding hydrogens is 224 g/mol. The maximum atomic E-state index is 5.84. The molecule has 3 nitrogen and oxygen atoms in total. The van der Waals surface area contributed by atoms with Crippen LogP contribution in [0.15, 0.2) is 24.3 Å². The lowest BCUT2D eigenvalue weighted by atomic mass is 9.98. The van der Waals surface area contributed by atoms with Gasteiger partial charge >= 0.3 is 0 Å². The summed E-state index contributed by atoms with van der Waals surface area (Å²) < 4.78 is 5.84. The summed E-state index contributed by atoms with van der Waals surface area (Å²) in [6.45, 7) is 6.33. The van der Waals surface area contributed by atoms with Crippen LogP contribution in [0.3, 0.4) is 0 Å². The number of rotatable bonds is 1. The predicted octanol–water partition coefficient (Wildman–Crippen LogP) is 2.02. The quantitative estimate of drug-likeness (QED) is 0.820. The number of ether oxygens (including phenoxy) is 1. The Labute approximate surface area is 109 Å². The highest BCUT2D eigenvalue weighted by Crippen LogP contribution is 2.26. The Bertz CT molecular complexity index is 407. The average molecular weight is 246 g/mol. The largest absolute Gasteiger partial charge is 0.492 e. The SMILES string of the molecule is CC1CC(N2CCOc3ccccc3C2)CCN1. The number of benzene rings is 1. The molecule has 0 aromatic heterocycles. The van der Waals surface area contributed by atoms with Crippen molar-refractivity contribution >= 4 is 0 Å². The molecule has 0 saturated carbocycles. The van der Waals surface area contributed by atoms with Gasteiger partial charge in [-0.15, -0.1) is 0 Å². The third kappa shape index (κ3) is 2.52. The van der Waals surface area contributed by atoms with Crippen molar-refractivity contribution in [1.82, 2.24) is 10.2 Å². The van der Waals surface area contributed by atoms with Crippen LogP contribution in [0.2, 0.25) is 0 Å². The van der Waals surface area contributed by atoms with Crippen LogP contribution in [0, 0.1) is 0 Å². The van der Waals surface area contributed by atoms with E-state index >= 15 is 0 Å². The highest BCUT2D eigenvalue weighted by Gasteiger charge is 2.26. The van der Waals surface area contributed by atoms with E-state index < -0.39 is 0 Å². The van der Waals surface area contributed by atoms with Crippen molar-refractivity contribution in [2.75, 3.05) is 19.7 Å². The van der Waals surface area contributed by atoms with Gasteiger partial charge in [0.2, 0.25) is 0 Å². The number of para-hydroxylation sites is 1. The standard InChI is InChI=1S/C15H22N2O/c1-12-10-14(6-7-16-12)17-8-9-18-15-5-3-2-4-13(15)11-17/h2-5,12,14,16H,6-11H2,1H3. The summed E-state index contributed by atoms with van der Waals surface area (Å²) in [5.74, 6) is 1.07. The van der Waals surface area contributed by atoms with Gasteiger partial charge in [0.05, 0.1) is 0 Å². The maximum absolute atomic E-state index is 5.84. The highest BCUT2D eigenvalue weighted by atomic mass is 16.5. The molecule has 1 fully saturated rings. The van der Waals surface area contributed by atoms with Gasteiger partial charge in [0.15, 0.2) is 0 Å². The highest BCUT2D eigenvalue weighted by molar-refractivity contribution is 5.33. The average Bonchev–Trinajstić information content (AvgIpc) is 2.60. The Balaban J connectivity index is 1.74. The first kappa shape index (κ1) is 12.0. The molecule has 0 aliphatic carbocycles. The topological polar surface area (TPSA) is 24.5 Å². The number of fused-ring (bicyclic) bond motifs is 1. The van der Waals surface area contributed by atoms with E-state index in [0.29, 0.717) is 12.1 Å². The van der Waals surface area contributed by atoms with Gasteiger partial charge in [-0.2, -0.15) is 0 Å². The molecule has 2 aliphatic rings. The zero-order chi connectivity index (χ0) is 12.4. The molecule has 2 unspecified atom stereocenters. The van der Waals surface area contributed by atoms with Crippen molar-refractivity contribution in [3.05, 3.63) is 29.8 Å². The lowest BCUT2D eigenvalue weighted by molar-refractivity contribution is 0.129. The minimum absolute atomic E-state index is 0.642. The van der Waals surface area contributed by atoms with Crippen molar-refractivity contribution in [2.45, 2.75) is 38.4 Å². The minimum atomic E-state index is 0.642. The van der Waals surface area contributed by atoms with Crippen molar-refractivity contribution in [3.63, 3.8) is 0 Å². The van der Waals surface area contributed by atoms with Gasteiger partial charge in [-0.3, -0.25) is 4.90 Å². The predicted molar refractivity (Wildman–Crippen MR) is 72.8 cm³/mol. The molecule has 2 atom stereocenters. The van der Waals surface area contributed by atoms with Crippen LogP contribution in [-0.4, -0.2) is 36.7 Å². The van der Waals surface area contributed by atoms with Crippen LogP contribution >= 0.6 is 0 Å². The number of piperidine rings is 1. The van der Waals surface area contributed by atoms with Crippen molar-refractivity contribution in [3.8, 4) is 5.75 Å². The zero-order valence-electron chi connectivity index (χ0n) is 11.1. The Morgan fingerprint density at radius 2 is 2.22 bits per heavy atom. The fourth-order valence-electron chi connectivity index (χ4n) is 3.09. The smallest absolute Gasteiger partial charge is 0.123 e. The Hall–Kier alpha value is -1.06. The van der Waals surface area contributed by atoms with E-state index in [9.17, 15) is 0 Å². The molecule has 0 amide bonds. The molecule has 0 radical (unpaired) electrons. The van der Waals surface area contributed by atoms with Gasteiger partial charge in [-0.05, 0) is 32.4 Å². The first-order chi connectivity index (χ1) is 8.83. The molecule has 0 bridgehead atoms. The molecule has 1 aromatic carbocycles. The van der Waals surface area contributed by atoms with Gasteiger partial charge in [0.25, 0.3) is 0 Å². The van der Waals surface area contributed by atoms with Crippen LogP contribution in [0.25, 0.3) is 0 Å². The van der Waals surface area contributed by atoms with E-state index in [2.05, 4.69) is 41.4 Å². The molecule has 2 aliphatic heterocycles. The monoisotopic (exact) mass is 246 g/mol. The summed E-state index contributed by atoms with van der Waals surface area (Å²) >= 11 is 0. The van der Waals surface area contributed by atoms with Gasteiger partial charge in [0, 0.05) is 30.7 Å². The third-order valence-electron chi connectivity index (χ3n) is 4.09. The molecule has 0 spiro atoms. The number of hydrogen-bond donors (Lipinski definition) is 1. The van der Waals surface area contributed by atoms with E-state index in [-0.39, 0.29) is 0 Å². The number of nitrogens with one attached hydrogen (secondary N) is 1. The molecular formula is C15H22N2O. The summed E-state index contributed by atoms with van der Waals surface area (Å²) in [5, 5.41) is 3.53. The molecule has 2 heterocycles. The van der Waals surface area contributed by atoms with E-state index in [1.54, 1.807) is 0 Å². The Kier molecular flexibility index (Phi) is 3.52. The minimum Gasteiger partial charge on any atom is -0.492 e. The molecule has 3 heteroatoms. The summed E-state index contributed by atoms with van der Waals surface area (Å²) in [6, 6.07) is 9.79. The molecule has 98 valence electrons.